The summed E-state index contributed by atoms with van der Waals surface area (Å²) in [7, 11) is 0. The second-order valence-corrected chi connectivity index (χ2v) is 3.85. The minimum atomic E-state index is -0.187. The summed E-state index contributed by atoms with van der Waals surface area (Å²) in [6.45, 7) is 2.12. The molecular weight excluding hydrogens is 236 g/mol. The lowest BCUT2D eigenvalue weighted by atomic mass is 10.3. The van der Waals surface area contributed by atoms with E-state index in [1.807, 2.05) is 0 Å². The Kier molecular flexibility index (Phi) is 4.92. The van der Waals surface area contributed by atoms with Crippen LogP contribution in [0, 0.1) is 0 Å². The zero-order valence-corrected chi connectivity index (χ0v) is 10.0. The monoisotopic (exact) mass is 252 g/mol. The molecular formula is C12H16N2O4. The zero-order chi connectivity index (χ0) is 12.6. The van der Waals surface area contributed by atoms with Crippen LogP contribution in [0.3, 0.4) is 0 Å². The Bertz CT molecular complexity index is 366. The molecule has 0 saturated carbocycles. The van der Waals surface area contributed by atoms with Gasteiger partial charge in [-0.2, -0.15) is 0 Å². The smallest absolute Gasteiger partial charge is 0.258 e. The van der Waals surface area contributed by atoms with E-state index < -0.39 is 0 Å². The van der Waals surface area contributed by atoms with Crippen LogP contribution < -0.4 is 10.1 Å². The van der Waals surface area contributed by atoms with Crippen molar-refractivity contribution >= 4 is 5.91 Å². The molecule has 2 rings (SSSR count). The average molecular weight is 252 g/mol. The third-order valence-electron chi connectivity index (χ3n) is 2.42. The normalized spacial score (nSPS) is 19.2. The number of pyridine rings is 1. The molecule has 0 bridgehead atoms. The highest BCUT2D eigenvalue weighted by Crippen LogP contribution is 2.05. The molecule has 0 radical (unpaired) electrons. The van der Waals surface area contributed by atoms with Crippen LogP contribution in [0.15, 0.2) is 24.5 Å². The first-order chi connectivity index (χ1) is 8.84. The van der Waals surface area contributed by atoms with Gasteiger partial charge in [-0.3, -0.25) is 9.78 Å². The predicted octanol–water partition coefficient (Wildman–Crippen LogP) is -0.00800. The van der Waals surface area contributed by atoms with E-state index in [0.717, 1.165) is 0 Å². The molecule has 0 unspecified atom stereocenters. The van der Waals surface area contributed by atoms with Gasteiger partial charge < -0.3 is 19.5 Å². The first-order valence-electron chi connectivity index (χ1n) is 5.83. The van der Waals surface area contributed by atoms with E-state index in [4.69, 9.17) is 14.2 Å². The number of rotatable bonds is 5. The minimum absolute atomic E-state index is 0.0285. The fourth-order valence-corrected chi connectivity index (χ4v) is 1.51. The van der Waals surface area contributed by atoms with E-state index in [9.17, 15) is 4.79 Å². The summed E-state index contributed by atoms with van der Waals surface area (Å²) in [6, 6.07) is 3.50. The Balaban J connectivity index is 1.63. The Morgan fingerprint density at radius 1 is 1.56 bits per heavy atom. The van der Waals surface area contributed by atoms with Gasteiger partial charge in [0.05, 0.1) is 32.1 Å². The number of nitrogens with zero attached hydrogens (tertiary/aromatic N) is 1. The van der Waals surface area contributed by atoms with Gasteiger partial charge >= 0.3 is 0 Å². The van der Waals surface area contributed by atoms with Crippen LogP contribution in [-0.2, 0) is 14.3 Å². The summed E-state index contributed by atoms with van der Waals surface area (Å²) >= 11 is 0. The highest BCUT2D eigenvalue weighted by atomic mass is 16.6. The molecule has 6 heteroatoms. The van der Waals surface area contributed by atoms with Gasteiger partial charge in [0.25, 0.3) is 5.91 Å². The van der Waals surface area contributed by atoms with E-state index in [0.29, 0.717) is 32.1 Å². The van der Waals surface area contributed by atoms with Gasteiger partial charge in [-0.15, -0.1) is 0 Å². The summed E-state index contributed by atoms with van der Waals surface area (Å²) in [5.41, 5.74) is 0. The molecule has 1 aromatic rings. The standard InChI is InChI=1S/C12H16N2O4/c15-12(9-18-10-2-1-3-13-6-10)14-7-11-8-16-4-5-17-11/h1-3,6,11H,4-5,7-9H2,(H,14,15)/t11-/m0/s1. The molecule has 1 amide bonds. The average Bonchev–Trinajstić information content (AvgIpc) is 2.45. The first-order valence-corrected chi connectivity index (χ1v) is 5.83. The second kappa shape index (κ2) is 6.93. The van der Waals surface area contributed by atoms with Crippen LogP contribution in [0.2, 0.25) is 0 Å². The zero-order valence-electron chi connectivity index (χ0n) is 10.0. The maximum absolute atomic E-state index is 11.5. The van der Waals surface area contributed by atoms with Crippen molar-refractivity contribution in [3.63, 3.8) is 0 Å². The Morgan fingerprint density at radius 3 is 3.22 bits per heavy atom. The second-order valence-electron chi connectivity index (χ2n) is 3.85. The minimum Gasteiger partial charge on any atom is -0.482 e. The number of carbonyl (C=O) groups excluding carboxylic acids is 1. The molecule has 0 spiro atoms. The van der Waals surface area contributed by atoms with Crippen molar-refractivity contribution in [1.29, 1.82) is 0 Å². The van der Waals surface area contributed by atoms with Crippen molar-refractivity contribution in [3.05, 3.63) is 24.5 Å². The van der Waals surface area contributed by atoms with E-state index in [-0.39, 0.29) is 18.6 Å². The number of amides is 1. The van der Waals surface area contributed by atoms with E-state index >= 15 is 0 Å². The maximum atomic E-state index is 11.5. The molecule has 18 heavy (non-hydrogen) atoms. The molecule has 1 aromatic heterocycles. The Hall–Kier alpha value is -1.66. The quantitative estimate of drug-likeness (QED) is 0.798. The lowest BCUT2D eigenvalue weighted by molar-refractivity contribution is -0.125. The van der Waals surface area contributed by atoms with Crippen LogP contribution in [0.1, 0.15) is 0 Å². The molecule has 6 nitrogen and oxygen atoms in total. The molecule has 1 fully saturated rings. The Morgan fingerprint density at radius 2 is 2.50 bits per heavy atom. The van der Waals surface area contributed by atoms with Gasteiger partial charge in [-0.1, -0.05) is 0 Å². The molecule has 1 aliphatic rings. The molecule has 0 aromatic carbocycles. The highest BCUT2D eigenvalue weighted by Gasteiger charge is 2.15. The molecule has 1 N–H and O–H groups in total. The van der Waals surface area contributed by atoms with Crippen molar-refractivity contribution in [3.8, 4) is 5.75 Å². The lowest BCUT2D eigenvalue weighted by Crippen LogP contribution is -2.41. The van der Waals surface area contributed by atoms with Gasteiger partial charge in [0.15, 0.2) is 6.61 Å². The fraction of sp³-hybridized carbons (Fsp3) is 0.500. The molecule has 1 saturated heterocycles. The highest BCUT2D eigenvalue weighted by molar-refractivity contribution is 5.77. The summed E-state index contributed by atoms with van der Waals surface area (Å²) in [5.74, 6) is 0.387. The van der Waals surface area contributed by atoms with Gasteiger partial charge in [0, 0.05) is 12.7 Å². The Labute approximate surface area is 105 Å². The van der Waals surface area contributed by atoms with Crippen LogP contribution in [0.4, 0.5) is 0 Å². The van der Waals surface area contributed by atoms with Crippen molar-refractivity contribution in [2.24, 2.45) is 0 Å². The number of carbonyl (C=O) groups is 1. The number of hydrogen-bond acceptors (Lipinski definition) is 5. The van der Waals surface area contributed by atoms with E-state index in [1.54, 1.807) is 24.5 Å². The van der Waals surface area contributed by atoms with Crippen molar-refractivity contribution in [1.82, 2.24) is 10.3 Å². The number of ether oxygens (including phenoxy) is 3. The van der Waals surface area contributed by atoms with Gasteiger partial charge in [0.2, 0.25) is 0 Å². The maximum Gasteiger partial charge on any atom is 0.258 e. The van der Waals surface area contributed by atoms with E-state index in [1.165, 1.54) is 0 Å². The van der Waals surface area contributed by atoms with Crippen molar-refractivity contribution in [2.75, 3.05) is 33.0 Å². The fourth-order valence-electron chi connectivity index (χ4n) is 1.51. The van der Waals surface area contributed by atoms with Crippen LogP contribution in [-0.4, -0.2) is 50.0 Å². The summed E-state index contributed by atoms with van der Waals surface area (Å²) < 4.78 is 15.9. The third kappa shape index (κ3) is 4.31. The van der Waals surface area contributed by atoms with E-state index in [2.05, 4.69) is 10.3 Å². The lowest BCUT2D eigenvalue weighted by Gasteiger charge is -2.23. The van der Waals surface area contributed by atoms with Crippen molar-refractivity contribution in [2.45, 2.75) is 6.10 Å². The summed E-state index contributed by atoms with van der Waals surface area (Å²) in [6.07, 6.45) is 3.14. The SMILES string of the molecule is O=C(COc1cccnc1)NC[C@H]1COCCO1. The molecule has 1 atom stereocenters. The molecule has 98 valence electrons. The number of aromatic nitrogens is 1. The van der Waals surface area contributed by atoms with Gasteiger partial charge in [0.1, 0.15) is 5.75 Å². The number of nitrogens with one attached hydrogen (secondary N) is 1. The first kappa shape index (κ1) is 12.8. The molecule has 0 aliphatic carbocycles. The molecule has 1 aliphatic heterocycles. The molecule has 2 heterocycles. The topological polar surface area (TPSA) is 69.7 Å². The van der Waals surface area contributed by atoms with Gasteiger partial charge in [-0.25, -0.2) is 0 Å². The van der Waals surface area contributed by atoms with Crippen molar-refractivity contribution < 1.29 is 19.0 Å². The largest absolute Gasteiger partial charge is 0.482 e. The van der Waals surface area contributed by atoms with Crippen LogP contribution in [0.5, 0.6) is 5.75 Å². The number of hydrogen-bond donors (Lipinski definition) is 1. The summed E-state index contributed by atoms with van der Waals surface area (Å²) in [5, 5.41) is 2.73. The van der Waals surface area contributed by atoms with Crippen LogP contribution >= 0.6 is 0 Å². The third-order valence-corrected chi connectivity index (χ3v) is 2.42. The summed E-state index contributed by atoms with van der Waals surface area (Å²) in [4.78, 5) is 15.4. The van der Waals surface area contributed by atoms with Gasteiger partial charge in [-0.05, 0) is 12.1 Å². The van der Waals surface area contributed by atoms with Crippen LogP contribution in [0.25, 0.3) is 0 Å². The predicted molar refractivity (Wildman–Crippen MR) is 63.3 cm³/mol.